The van der Waals surface area contributed by atoms with Crippen molar-refractivity contribution < 1.29 is 23.8 Å². The molecule has 1 fully saturated rings. The Morgan fingerprint density at radius 1 is 1.17 bits per heavy atom. The van der Waals surface area contributed by atoms with E-state index < -0.39 is 5.97 Å². The highest BCUT2D eigenvalue weighted by atomic mass is 16.5. The lowest BCUT2D eigenvalue weighted by molar-refractivity contribution is -0.135. The molecule has 2 heterocycles. The number of hydrogen-bond donors (Lipinski definition) is 0. The van der Waals surface area contributed by atoms with Gasteiger partial charge in [-0.2, -0.15) is 0 Å². The standard InChI is InChI=1S/C18H23NO5/c1-13-5-7-19(8-6-13)17(20)12-24-18(21)14-3-4-15-16(11-14)23-10-2-9-22-15/h3-4,11,13H,2,5-10,12H2,1H3. The summed E-state index contributed by atoms with van der Waals surface area (Å²) in [6.07, 6.45) is 2.81. The van der Waals surface area contributed by atoms with E-state index in [4.69, 9.17) is 14.2 Å². The van der Waals surface area contributed by atoms with Crippen molar-refractivity contribution >= 4 is 11.9 Å². The second kappa shape index (κ2) is 7.55. The molecule has 2 aliphatic heterocycles. The molecule has 0 spiro atoms. The number of carbonyl (C=O) groups excluding carboxylic acids is 2. The minimum absolute atomic E-state index is 0.135. The minimum Gasteiger partial charge on any atom is -0.490 e. The van der Waals surface area contributed by atoms with Crippen molar-refractivity contribution in [3.8, 4) is 11.5 Å². The quantitative estimate of drug-likeness (QED) is 0.794. The summed E-state index contributed by atoms with van der Waals surface area (Å²) >= 11 is 0. The Bertz CT molecular complexity index is 607. The number of amides is 1. The van der Waals surface area contributed by atoms with Gasteiger partial charge in [-0.15, -0.1) is 0 Å². The summed E-state index contributed by atoms with van der Waals surface area (Å²) in [5.74, 6) is 1.16. The van der Waals surface area contributed by atoms with Gasteiger partial charge < -0.3 is 19.1 Å². The summed E-state index contributed by atoms with van der Waals surface area (Å²) in [5, 5.41) is 0. The van der Waals surface area contributed by atoms with Gasteiger partial charge in [-0.3, -0.25) is 4.79 Å². The topological polar surface area (TPSA) is 65.1 Å². The van der Waals surface area contributed by atoms with Gasteiger partial charge >= 0.3 is 5.97 Å². The van der Waals surface area contributed by atoms with E-state index in [1.807, 2.05) is 0 Å². The number of piperidine rings is 1. The van der Waals surface area contributed by atoms with Crippen LogP contribution in [0.25, 0.3) is 0 Å². The predicted molar refractivity (Wildman–Crippen MR) is 87.3 cm³/mol. The van der Waals surface area contributed by atoms with Crippen LogP contribution in [0.3, 0.4) is 0 Å². The zero-order valence-corrected chi connectivity index (χ0v) is 14.0. The van der Waals surface area contributed by atoms with Crippen LogP contribution in [0.4, 0.5) is 0 Å². The highest BCUT2D eigenvalue weighted by molar-refractivity contribution is 5.92. The Hall–Kier alpha value is -2.24. The second-order valence-electron chi connectivity index (χ2n) is 6.35. The molecule has 130 valence electrons. The maximum atomic E-state index is 12.2. The van der Waals surface area contributed by atoms with Crippen molar-refractivity contribution in [2.24, 2.45) is 5.92 Å². The average Bonchev–Trinajstić information content (AvgIpc) is 2.84. The van der Waals surface area contributed by atoms with Crippen LogP contribution in [0.5, 0.6) is 11.5 Å². The highest BCUT2D eigenvalue weighted by Gasteiger charge is 2.22. The Kier molecular flexibility index (Phi) is 5.23. The number of carbonyl (C=O) groups is 2. The maximum Gasteiger partial charge on any atom is 0.338 e. The van der Waals surface area contributed by atoms with Crippen molar-refractivity contribution in [3.63, 3.8) is 0 Å². The SMILES string of the molecule is CC1CCN(C(=O)COC(=O)c2ccc3c(c2)OCCCO3)CC1. The number of likely N-dealkylation sites (tertiary alicyclic amines) is 1. The second-order valence-corrected chi connectivity index (χ2v) is 6.35. The van der Waals surface area contributed by atoms with Crippen LogP contribution in [0.15, 0.2) is 18.2 Å². The third-order valence-corrected chi connectivity index (χ3v) is 4.45. The van der Waals surface area contributed by atoms with Gasteiger partial charge in [0.15, 0.2) is 18.1 Å². The predicted octanol–water partition coefficient (Wildman–Crippen LogP) is 2.26. The lowest BCUT2D eigenvalue weighted by Crippen LogP contribution is -2.40. The highest BCUT2D eigenvalue weighted by Crippen LogP contribution is 2.30. The Balaban J connectivity index is 1.55. The van der Waals surface area contributed by atoms with Gasteiger partial charge in [0, 0.05) is 19.5 Å². The molecule has 0 atom stereocenters. The molecule has 2 aliphatic rings. The van der Waals surface area contributed by atoms with E-state index >= 15 is 0 Å². The third-order valence-electron chi connectivity index (χ3n) is 4.45. The van der Waals surface area contributed by atoms with Crippen molar-refractivity contribution in [2.75, 3.05) is 32.9 Å². The van der Waals surface area contributed by atoms with Gasteiger partial charge in [-0.05, 0) is 37.0 Å². The Labute approximate surface area is 141 Å². The van der Waals surface area contributed by atoms with Crippen LogP contribution in [-0.2, 0) is 9.53 Å². The van der Waals surface area contributed by atoms with E-state index in [0.29, 0.717) is 36.2 Å². The molecule has 24 heavy (non-hydrogen) atoms. The van der Waals surface area contributed by atoms with Crippen molar-refractivity contribution in [1.29, 1.82) is 0 Å². The number of benzene rings is 1. The van der Waals surface area contributed by atoms with Crippen LogP contribution in [0, 0.1) is 5.92 Å². The molecule has 0 aromatic heterocycles. The van der Waals surface area contributed by atoms with Gasteiger partial charge in [0.2, 0.25) is 0 Å². The molecule has 1 aromatic rings. The third kappa shape index (κ3) is 3.99. The fourth-order valence-electron chi connectivity index (χ4n) is 2.85. The summed E-state index contributed by atoms with van der Waals surface area (Å²) in [6.45, 7) is 4.59. The van der Waals surface area contributed by atoms with Crippen molar-refractivity contribution in [3.05, 3.63) is 23.8 Å². The molecule has 0 bridgehead atoms. The van der Waals surface area contributed by atoms with Crippen LogP contribution in [0.1, 0.15) is 36.5 Å². The van der Waals surface area contributed by atoms with Crippen LogP contribution >= 0.6 is 0 Å². The van der Waals surface area contributed by atoms with E-state index in [0.717, 1.165) is 32.4 Å². The monoisotopic (exact) mass is 333 g/mol. The molecule has 3 rings (SSSR count). The largest absolute Gasteiger partial charge is 0.490 e. The maximum absolute atomic E-state index is 12.2. The summed E-state index contributed by atoms with van der Waals surface area (Å²) in [5.41, 5.74) is 0.360. The summed E-state index contributed by atoms with van der Waals surface area (Å²) in [6, 6.07) is 4.93. The van der Waals surface area contributed by atoms with Gasteiger partial charge in [0.05, 0.1) is 18.8 Å². The van der Waals surface area contributed by atoms with E-state index in [1.54, 1.807) is 23.1 Å². The molecular formula is C18H23NO5. The zero-order valence-electron chi connectivity index (χ0n) is 14.0. The van der Waals surface area contributed by atoms with Gasteiger partial charge in [0.25, 0.3) is 5.91 Å². The Morgan fingerprint density at radius 3 is 2.62 bits per heavy atom. The first kappa shape index (κ1) is 16.6. The molecule has 0 N–H and O–H groups in total. The van der Waals surface area contributed by atoms with E-state index in [2.05, 4.69) is 6.92 Å². The molecule has 6 nitrogen and oxygen atoms in total. The first-order chi connectivity index (χ1) is 11.6. The van der Waals surface area contributed by atoms with Gasteiger partial charge in [0.1, 0.15) is 0 Å². The van der Waals surface area contributed by atoms with Gasteiger partial charge in [-0.25, -0.2) is 4.79 Å². The molecule has 0 unspecified atom stereocenters. The zero-order chi connectivity index (χ0) is 16.9. The van der Waals surface area contributed by atoms with Crippen LogP contribution in [-0.4, -0.2) is 49.7 Å². The van der Waals surface area contributed by atoms with Crippen molar-refractivity contribution in [1.82, 2.24) is 4.90 Å². The number of esters is 1. The number of fused-ring (bicyclic) bond motifs is 1. The molecular weight excluding hydrogens is 310 g/mol. The molecule has 1 saturated heterocycles. The fourth-order valence-corrected chi connectivity index (χ4v) is 2.85. The minimum atomic E-state index is -0.524. The molecule has 0 radical (unpaired) electrons. The summed E-state index contributed by atoms with van der Waals surface area (Å²) in [7, 11) is 0. The normalized spacial score (nSPS) is 18.0. The molecule has 1 amide bonds. The van der Waals surface area contributed by atoms with Crippen molar-refractivity contribution in [2.45, 2.75) is 26.2 Å². The molecule has 1 aromatic carbocycles. The number of hydrogen-bond acceptors (Lipinski definition) is 5. The molecule has 0 aliphatic carbocycles. The van der Waals surface area contributed by atoms with Crippen LogP contribution < -0.4 is 9.47 Å². The summed E-state index contributed by atoms with van der Waals surface area (Å²) < 4.78 is 16.3. The fraction of sp³-hybridized carbons (Fsp3) is 0.556. The van der Waals surface area contributed by atoms with Gasteiger partial charge in [-0.1, -0.05) is 6.92 Å². The molecule has 0 saturated carbocycles. The summed E-state index contributed by atoms with van der Waals surface area (Å²) in [4.78, 5) is 26.1. The first-order valence-electron chi connectivity index (χ1n) is 8.48. The number of rotatable bonds is 3. The molecule has 6 heteroatoms. The average molecular weight is 333 g/mol. The lowest BCUT2D eigenvalue weighted by Gasteiger charge is -2.30. The number of nitrogens with zero attached hydrogens (tertiary/aromatic N) is 1. The number of ether oxygens (including phenoxy) is 3. The smallest absolute Gasteiger partial charge is 0.338 e. The van der Waals surface area contributed by atoms with E-state index in [-0.39, 0.29) is 12.5 Å². The van der Waals surface area contributed by atoms with E-state index in [1.165, 1.54) is 0 Å². The first-order valence-corrected chi connectivity index (χ1v) is 8.48. The van der Waals surface area contributed by atoms with Crippen LogP contribution in [0.2, 0.25) is 0 Å². The Morgan fingerprint density at radius 2 is 1.88 bits per heavy atom. The lowest BCUT2D eigenvalue weighted by atomic mass is 9.99. The van der Waals surface area contributed by atoms with E-state index in [9.17, 15) is 9.59 Å².